The number of rotatable bonds is 4. The Labute approximate surface area is 140 Å². The van der Waals surface area contributed by atoms with Crippen LogP contribution in [0.4, 0.5) is 0 Å². The molecular formula is C17H20ClN3O2. The number of oxazole rings is 1. The first kappa shape index (κ1) is 16.0. The van der Waals surface area contributed by atoms with Gasteiger partial charge in [0.1, 0.15) is 0 Å². The fourth-order valence-corrected chi connectivity index (χ4v) is 2.96. The van der Waals surface area contributed by atoms with Gasteiger partial charge in [0, 0.05) is 37.5 Å². The molecule has 0 aliphatic carbocycles. The third-order valence-electron chi connectivity index (χ3n) is 4.14. The van der Waals surface area contributed by atoms with E-state index in [1.54, 1.807) is 6.20 Å². The largest absolute Gasteiger partial charge is 0.441 e. The molecule has 1 amide bonds. The Balaban J connectivity index is 1.57. The zero-order chi connectivity index (χ0) is 16.2. The molecule has 5 nitrogen and oxygen atoms in total. The van der Waals surface area contributed by atoms with Crippen LogP contribution in [0.3, 0.4) is 0 Å². The molecule has 2 N–H and O–H groups in total. The number of benzene rings is 1. The number of aromatic nitrogens is 1. The summed E-state index contributed by atoms with van der Waals surface area (Å²) in [6, 6.07) is 7.68. The lowest BCUT2D eigenvalue weighted by atomic mass is 10.1. The van der Waals surface area contributed by atoms with E-state index >= 15 is 0 Å². The van der Waals surface area contributed by atoms with Crippen molar-refractivity contribution < 1.29 is 9.21 Å². The molecule has 2 heterocycles. The van der Waals surface area contributed by atoms with E-state index in [1.807, 2.05) is 29.2 Å². The number of hydrogen-bond acceptors (Lipinski definition) is 4. The number of amides is 1. The van der Waals surface area contributed by atoms with Crippen LogP contribution in [0.5, 0.6) is 0 Å². The molecule has 2 aromatic rings. The van der Waals surface area contributed by atoms with Crippen LogP contribution in [0.2, 0.25) is 5.02 Å². The molecule has 1 aliphatic heterocycles. The number of aryl methyl sites for hydroxylation is 1. The molecule has 1 aromatic heterocycles. The Morgan fingerprint density at radius 3 is 2.83 bits per heavy atom. The van der Waals surface area contributed by atoms with Gasteiger partial charge in [-0.3, -0.25) is 4.79 Å². The van der Waals surface area contributed by atoms with Gasteiger partial charge < -0.3 is 15.1 Å². The molecule has 6 heteroatoms. The van der Waals surface area contributed by atoms with Crippen LogP contribution >= 0.6 is 11.6 Å². The van der Waals surface area contributed by atoms with Gasteiger partial charge in [-0.05, 0) is 25.0 Å². The topological polar surface area (TPSA) is 72.4 Å². The van der Waals surface area contributed by atoms with Crippen LogP contribution in [0.25, 0.3) is 11.3 Å². The van der Waals surface area contributed by atoms with E-state index in [-0.39, 0.29) is 11.9 Å². The van der Waals surface area contributed by atoms with Gasteiger partial charge >= 0.3 is 0 Å². The minimum Gasteiger partial charge on any atom is -0.441 e. The van der Waals surface area contributed by atoms with Crippen molar-refractivity contribution in [3.8, 4) is 11.3 Å². The monoisotopic (exact) mass is 333 g/mol. The molecule has 1 saturated heterocycles. The van der Waals surface area contributed by atoms with Crippen molar-refractivity contribution in [2.45, 2.75) is 31.7 Å². The minimum absolute atomic E-state index is 0.134. The van der Waals surface area contributed by atoms with Crippen LogP contribution in [0.1, 0.15) is 25.2 Å². The highest BCUT2D eigenvalue weighted by molar-refractivity contribution is 6.33. The van der Waals surface area contributed by atoms with Crippen LogP contribution in [0.15, 0.2) is 34.9 Å². The number of hydrogen-bond donors (Lipinski definition) is 1. The van der Waals surface area contributed by atoms with Crippen molar-refractivity contribution in [3.63, 3.8) is 0 Å². The molecular weight excluding hydrogens is 314 g/mol. The predicted octanol–water partition coefficient (Wildman–Crippen LogP) is 2.88. The lowest BCUT2D eigenvalue weighted by Crippen LogP contribution is -2.42. The summed E-state index contributed by atoms with van der Waals surface area (Å²) in [5.41, 5.74) is 6.67. The molecule has 0 saturated carbocycles. The van der Waals surface area contributed by atoms with Gasteiger partial charge in [-0.15, -0.1) is 0 Å². The SMILES string of the molecule is NC1CCN(C(=O)CCc2ncc(-c3ccccc3Cl)o2)CC1. The van der Waals surface area contributed by atoms with Crippen LogP contribution in [-0.4, -0.2) is 34.9 Å². The Kier molecular flexibility index (Phi) is 4.98. The average Bonchev–Trinajstić information content (AvgIpc) is 3.02. The molecule has 1 aliphatic rings. The van der Waals surface area contributed by atoms with E-state index < -0.39 is 0 Å². The second-order valence-electron chi connectivity index (χ2n) is 5.82. The van der Waals surface area contributed by atoms with Gasteiger partial charge in [-0.2, -0.15) is 0 Å². The van der Waals surface area contributed by atoms with Crippen LogP contribution in [0, 0.1) is 0 Å². The molecule has 3 rings (SSSR count). The Bertz CT molecular complexity index is 678. The molecule has 1 fully saturated rings. The van der Waals surface area contributed by atoms with Crippen molar-refractivity contribution in [1.29, 1.82) is 0 Å². The molecule has 0 unspecified atom stereocenters. The number of likely N-dealkylation sites (tertiary alicyclic amines) is 1. The molecule has 1 aromatic carbocycles. The molecule has 0 atom stereocenters. The van der Waals surface area contributed by atoms with E-state index in [9.17, 15) is 4.79 Å². The summed E-state index contributed by atoms with van der Waals surface area (Å²) in [5.74, 6) is 1.32. The highest BCUT2D eigenvalue weighted by atomic mass is 35.5. The Hall–Kier alpha value is -1.85. The molecule has 122 valence electrons. The number of carbonyl (C=O) groups is 1. The summed E-state index contributed by atoms with van der Waals surface area (Å²) < 4.78 is 5.72. The second kappa shape index (κ2) is 7.15. The lowest BCUT2D eigenvalue weighted by molar-refractivity contribution is -0.132. The maximum atomic E-state index is 12.2. The van der Waals surface area contributed by atoms with Crippen molar-refractivity contribution in [2.75, 3.05) is 13.1 Å². The fourth-order valence-electron chi connectivity index (χ4n) is 2.73. The smallest absolute Gasteiger partial charge is 0.223 e. The highest BCUT2D eigenvalue weighted by Gasteiger charge is 2.20. The number of halogens is 1. The average molecular weight is 334 g/mol. The van der Waals surface area contributed by atoms with Crippen molar-refractivity contribution in [2.24, 2.45) is 5.73 Å². The first-order valence-electron chi connectivity index (χ1n) is 7.86. The Morgan fingerprint density at radius 1 is 1.35 bits per heavy atom. The van der Waals surface area contributed by atoms with Crippen LogP contribution < -0.4 is 5.73 Å². The minimum atomic E-state index is 0.134. The Morgan fingerprint density at radius 2 is 2.09 bits per heavy atom. The van der Waals surface area contributed by atoms with Gasteiger partial charge in [-0.25, -0.2) is 4.98 Å². The summed E-state index contributed by atoms with van der Waals surface area (Å²) >= 11 is 6.15. The van der Waals surface area contributed by atoms with Gasteiger partial charge in [0.2, 0.25) is 5.91 Å². The zero-order valence-corrected chi connectivity index (χ0v) is 13.6. The zero-order valence-electron chi connectivity index (χ0n) is 12.9. The second-order valence-corrected chi connectivity index (χ2v) is 6.22. The van der Waals surface area contributed by atoms with Crippen molar-refractivity contribution in [3.05, 3.63) is 41.4 Å². The maximum absolute atomic E-state index is 12.2. The maximum Gasteiger partial charge on any atom is 0.223 e. The van der Waals surface area contributed by atoms with Gasteiger partial charge in [0.05, 0.1) is 11.2 Å². The van der Waals surface area contributed by atoms with Gasteiger partial charge in [0.15, 0.2) is 11.7 Å². The normalized spacial score (nSPS) is 15.8. The summed E-state index contributed by atoms with van der Waals surface area (Å²) in [4.78, 5) is 18.3. The summed E-state index contributed by atoms with van der Waals surface area (Å²) in [6.45, 7) is 1.49. The number of nitrogens with zero attached hydrogens (tertiary/aromatic N) is 2. The van der Waals surface area contributed by atoms with E-state index in [1.165, 1.54) is 0 Å². The quantitative estimate of drug-likeness (QED) is 0.933. The van der Waals surface area contributed by atoms with E-state index in [4.69, 9.17) is 21.8 Å². The third kappa shape index (κ3) is 3.92. The molecule has 23 heavy (non-hydrogen) atoms. The van der Waals surface area contributed by atoms with Crippen molar-refractivity contribution >= 4 is 17.5 Å². The van der Waals surface area contributed by atoms with E-state index in [0.29, 0.717) is 29.5 Å². The number of piperidine rings is 1. The summed E-state index contributed by atoms with van der Waals surface area (Å²) in [7, 11) is 0. The molecule has 0 radical (unpaired) electrons. The molecule has 0 bridgehead atoms. The first-order valence-corrected chi connectivity index (χ1v) is 8.24. The van der Waals surface area contributed by atoms with Gasteiger partial charge in [0.25, 0.3) is 0 Å². The lowest BCUT2D eigenvalue weighted by Gasteiger charge is -2.30. The molecule has 0 spiro atoms. The predicted molar refractivity (Wildman–Crippen MR) is 89.1 cm³/mol. The summed E-state index contributed by atoms with van der Waals surface area (Å²) in [5, 5.41) is 0.621. The highest BCUT2D eigenvalue weighted by Crippen LogP contribution is 2.28. The van der Waals surface area contributed by atoms with Crippen LogP contribution in [-0.2, 0) is 11.2 Å². The van der Waals surface area contributed by atoms with Gasteiger partial charge in [-0.1, -0.05) is 23.7 Å². The van der Waals surface area contributed by atoms with Crippen molar-refractivity contribution in [1.82, 2.24) is 9.88 Å². The third-order valence-corrected chi connectivity index (χ3v) is 4.47. The number of nitrogens with two attached hydrogens (primary N) is 1. The fraction of sp³-hybridized carbons (Fsp3) is 0.412. The first-order chi connectivity index (χ1) is 11.1. The van der Waals surface area contributed by atoms with E-state index in [0.717, 1.165) is 31.5 Å². The standard InChI is InChI=1S/C17H20ClN3O2/c18-14-4-2-1-3-13(14)15-11-20-16(23-15)5-6-17(22)21-9-7-12(19)8-10-21/h1-4,11-12H,5-10,19H2. The van der Waals surface area contributed by atoms with E-state index in [2.05, 4.69) is 4.98 Å². The number of carbonyl (C=O) groups excluding carboxylic acids is 1. The summed E-state index contributed by atoms with van der Waals surface area (Å²) in [6.07, 6.45) is 4.30.